The van der Waals surface area contributed by atoms with E-state index in [2.05, 4.69) is 30.0 Å². The van der Waals surface area contributed by atoms with Crippen LogP contribution in [0.3, 0.4) is 0 Å². The molecule has 0 unspecified atom stereocenters. The highest BCUT2D eigenvalue weighted by atomic mass is 32.2. The topological polar surface area (TPSA) is 53.0 Å². The summed E-state index contributed by atoms with van der Waals surface area (Å²) >= 11 is 1.54. The monoisotopic (exact) mass is 338 g/mol. The van der Waals surface area contributed by atoms with Crippen LogP contribution in [0.5, 0.6) is 0 Å². The number of allylic oxidation sites excluding steroid dienone is 9. The molecule has 0 aromatic carbocycles. The van der Waals surface area contributed by atoms with Gasteiger partial charge in [0, 0.05) is 19.0 Å². The van der Waals surface area contributed by atoms with Gasteiger partial charge in [0.1, 0.15) is 0 Å². The molecule has 1 aliphatic rings. The van der Waals surface area contributed by atoms with E-state index in [0.29, 0.717) is 6.42 Å². The second kappa shape index (κ2) is 11.1. The summed E-state index contributed by atoms with van der Waals surface area (Å²) in [6.07, 6.45) is 21.3. The molecule has 0 bridgehead atoms. The average molecular weight is 338 g/mol. The van der Waals surface area contributed by atoms with Gasteiger partial charge in [-0.25, -0.2) is 0 Å². The Morgan fingerprint density at radius 1 is 1.54 bits per heavy atom. The molecule has 0 aliphatic carbocycles. The third-order valence-corrected chi connectivity index (χ3v) is 4.27. The molecule has 3 nitrogen and oxygen atoms in total. The Morgan fingerprint density at radius 3 is 2.96 bits per heavy atom. The van der Waals surface area contributed by atoms with E-state index in [9.17, 15) is 4.79 Å². The van der Waals surface area contributed by atoms with Crippen molar-refractivity contribution in [3.8, 4) is 12.3 Å². The predicted molar refractivity (Wildman–Crippen MR) is 105 cm³/mol. The number of carbonyl (C=O) groups excluding carboxylic acids is 1. The Bertz CT molecular complexity index is 685. The van der Waals surface area contributed by atoms with Gasteiger partial charge < -0.3 is 10.7 Å². The molecular formula is C20H22N2OS. The number of nitrogens with one attached hydrogen (secondary N) is 2. The number of terminal acetylenes is 1. The highest BCUT2D eigenvalue weighted by Crippen LogP contribution is 2.25. The van der Waals surface area contributed by atoms with Crippen LogP contribution in [-0.2, 0) is 4.79 Å². The summed E-state index contributed by atoms with van der Waals surface area (Å²) in [7, 11) is 1.64. The number of likely N-dealkylation sites (N-methyl/N-ethyl adjacent to an activating group) is 1. The lowest BCUT2D eigenvalue weighted by Gasteiger charge is -2.11. The first kappa shape index (κ1) is 19.5. The van der Waals surface area contributed by atoms with Crippen molar-refractivity contribution in [2.75, 3.05) is 12.8 Å². The van der Waals surface area contributed by atoms with Crippen LogP contribution < -0.4 is 5.32 Å². The van der Waals surface area contributed by atoms with Gasteiger partial charge >= 0.3 is 0 Å². The van der Waals surface area contributed by atoms with Crippen LogP contribution in [0.2, 0.25) is 0 Å². The Balaban J connectivity index is 2.70. The Kier molecular flexibility index (Phi) is 9.03. The number of rotatable bonds is 8. The summed E-state index contributed by atoms with van der Waals surface area (Å²) in [5.41, 5.74) is 2.93. The second-order valence-corrected chi connectivity index (χ2v) is 5.95. The SMILES string of the molecule is C#C/C=C(C/C=C\CC1=CCSC(C(=O)NC)=C1)/C(C=C)=C/C=N. The van der Waals surface area contributed by atoms with E-state index in [-0.39, 0.29) is 5.91 Å². The van der Waals surface area contributed by atoms with Crippen molar-refractivity contribution in [2.45, 2.75) is 12.8 Å². The first-order valence-electron chi connectivity index (χ1n) is 7.55. The quantitative estimate of drug-likeness (QED) is 0.305. The number of carbonyl (C=O) groups is 1. The van der Waals surface area contributed by atoms with E-state index < -0.39 is 0 Å². The zero-order chi connectivity index (χ0) is 17.8. The van der Waals surface area contributed by atoms with E-state index in [1.165, 1.54) is 6.21 Å². The number of thioether (sulfide) groups is 1. The molecule has 0 fully saturated rings. The van der Waals surface area contributed by atoms with Crippen LogP contribution in [0.15, 0.2) is 70.7 Å². The fourth-order valence-electron chi connectivity index (χ4n) is 2.09. The van der Waals surface area contributed by atoms with Crippen molar-refractivity contribution in [2.24, 2.45) is 0 Å². The molecule has 1 rings (SSSR count). The van der Waals surface area contributed by atoms with Gasteiger partial charge in [-0.1, -0.05) is 36.8 Å². The van der Waals surface area contributed by atoms with Crippen molar-refractivity contribution in [1.82, 2.24) is 5.32 Å². The van der Waals surface area contributed by atoms with Gasteiger partial charge in [-0.05, 0) is 47.8 Å². The number of hydrogen-bond donors (Lipinski definition) is 2. The molecule has 124 valence electrons. The minimum absolute atomic E-state index is 0.0405. The molecule has 4 heteroatoms. The van der Waals surface area contributed by atoms with Crippen molar-refractivity contribution in [3.05, 3.63) is 70.7 Å². The molecular weight excluding hydrogens is 316 g/mol. The average Bonchev–Trinajstić information content (AvgIpc) is 2.62. The van der Waals surface area contributed by atoms with E-state index in [1.807, 2.05) is 12.2 Å². The Hall–Kier alpha value is -2.51. The van der Waals surface area contributed by atoms with Gasteiger partial charge in [0.25, 0.3) is 5.91 Å². The molecule has 24 heavy (non-hydrogen) atoms. The van der Waals surface area contributed by atoms with Gasteiger partial charge in [0.2, 0.25) is 0 Å². The first-order valence-corrected chi connectivity index (χ1v) is 8.54. The Labute approximate surface area is 148 Å². The normalized spacial score (nSPS) is 15.3. The predicted octanol–water partition coefficient (Wildman–Crippen LogP) is 3.95. The van der Waals surface area contributed by atoms with Crippen molar-refractivity contribution < 1.29 is 4.79 Å². The lowest BCUT2D eigenvalue weighted by atomic mass is 10.0. The molecule has 0 atom stereocenters. The minimum atomic E-state index is -0.0405. The van der Waals surface area contributed by atoms with Crippen LogP contribution in [0.1, 0.15) is 12.8 Å². The largest absolute Gasteiger partial charge is 0.355 e. The summed E-state index contributed by atoms with van der Waals surface area (Å²) in [5, 5.41) is 9.83. The number of hydrogen-bond acceptors (Lipinski definition) is 3. The van der Waals surface area contributed by atoms with E-state index >= 15 is 0 Å². The van der Waals surface area contributed by atoms with Gasteiger partial charge in [0.05, 0.1) is 4.91 Å². The maximum absolute atomic E-state index is 11.7. The van der Waals surface area contributed by atoms with Crippen LogP contribution in [0.4, 0.5) is 0 Å². The van der Waals surface area contributed by atoms with Gasteiger partial charge in [-0.3, -0.25) is 4.79 Å². The maximum atomic E-state index is 11.7. The zero-order valence-corrected chi connectivity index (χ0v) is 14.7. The molecule has 2 N–H and O–H groups in total. The fourth-order valence-corrected chi connectivity index (χ4v) is 3.04. The van der Waals surface area contributed by atoms with Crippen LogP contribution in [-0.4, -0.2) is 24.9 Å². The highest BCUT2D eigenvalue weighted by molar-refractivity contribution is 8.04. The third kappa shape index (κ3) is 6.31. The zero-order valence-electron chi connectivity index (χ0n) is 13.8. The van der Waals surface area contributed by atoms with Crippen LogP contribution in [0.25, 0.3) is 0 Å². The summed E-state index contributed by atoms with van der Waals surface area (Å²) in [5.74, 6) is 3.30. The van der Waals surface area contributed by atoms with E-state index in [1.54, 1.807) is 37.0 Å². The molecule has 0 aromatic rings. The van der Waals surface area contributed by atoms with Gasteiger partial charge in [0.15, 0.2) is 0 Å². The highest BCUT2D eigenvalue weighted by Gasteiger charge is 2.11. The molecule has 0 radical (unpaired) electrons. The van der Waals surface area contributed by atoms with Crippen LogP contribution in [0, 0.1) is 17.8 Å². The van der Waals surface area contributed by atoms with Crippen molar-refractivity contribution in [3.63, 3.8) is 0 Å². The van der Waals surface area contributed by atoms with Gasteiger partial charge in [-0.15, -0.1) is 18.2 Å². The van der Waals surface area contributed by atoms with Crippen molar-refractivity contribution >= 4 is 23.9 Å². The lowest BCUT2D eigenvalue weighted by Crippen LogP contribution is -2.19. The molecule has 0 saturated carbocycles. The molecule has 0 saturated heterocycles. The van der Waals surface area contributed by atoms with E-state index in [0.717, 1.165) is 33.8 Å². The third-order valence-electron chi connectivity index (χ3n) is 3.32. The first-order chi connectivity index (χ1) is 11.7. The summed E-state index contributed by atoms with van der Waals surface area (Å²) in [6, 6.07) is 0. The molecule has 0 spiro atoms. The van der Waals surface area contributed by atoms with Gasteiger partial charge in [-0.2, -0.15) is 0 Å². The molecule has 1 heterocycles. The van der Waals surface area contributed by atoms with E-state index in [4.69, 9.17) is 11.8 Å². The second-order valence-electron chi connectivity index (χ2n) is 4.89. The smallest absolute Gasteiger partial charge is 0.257 e. The Morgan fingerprint density at radius 2 is 2.33 bits per heavy atom. The molecule has 1 amide bonds. The summed E-state index contributed by atoms with van der Waals surface area (Å²) in [4.78, 5) is 12.4. The van der Waals surface area contributed by atoms with Crippen LogP contribution >= 0.6 is 11.8 Å². The molecule has 1 aliphatic heterocycles. The lowest BCUT2D eigenvalue weighted by molar-refractivity contribution is -0.116. The van der Waals surface area contributed by atoms with Crippen molar-refractivity contribution in [1.29, 1.82) is 5.41 Å². The number of amides is 1. The minimum Gasteiger partial charge on any atom is -0.355 e. The standard InChI is InChI=1S/C20H22N2OS/c1-4-8-18(17(5-2)11-13-21)10-7-6-9-16-12-14-24-19(15-16)20(23)22-3/h1,5-8,11-13,15,21H,2,9-10,14H2,3H3,(H,22,23)/b7-6-,17-11+,18-8+,21-13?. The summed E-state index contributed by atoms with van der Waals surface area (Å²) < 4.78 is 0. The fraction of sp³-hybridized carbons (Fsp3) is 0.200. The summed E-state index contributed by atoms with van der Waals surface area (Å²) in [6.45, 7) is 3.76. The molecule has 0 aromatic heterocycles. The maximum Gasteiger partial charge on any atom is 0.257 e.